The van der Waals surface area contributed by atoms with Gasteiger partial charge in [-0.1, -0.05) is 13.8 Å². The second-order valence-corrected chi connectivity index (χ2v) is 6.46. The Labute approximate surface area is 159 Å². The molecular formula is C17H21BrN4O4. The van der Waals surface area contributed by atoms with Gasteiger partial charge in [0.25, 0.3) is 11.5 Å². The predicted molar refractivity (Wildman–Crippen MR) is 99.3 cm³/mol. The van der Waals surface area contributed by atoms with E-state index in [9.17, 15) is 14.4 Å². The zero-order valence-corrected chi connectivity index (χ0v) is 16.2. The van der Waals surface area contributed by atoms with Gasteiger partial charge in [-0.05, 0) is 47.2 Å². The van der Waals surface area contributed by atoms with Gasteiger partial charge in [-0.2, -0.15) is 0 Å². The van der Waals surface area contributed by atoms with Crippen molar-refractivity contribution in [2.24, 2.45) is 0 Å². The third-order valence-electron chi connectivity index (χ3n) is 3.74. The van der Waals surface area contributed by atoms with E-state index in [-0.39, 0.29) is 17.9 Å². The van der Waals surface area contributed by atoms with Crippen LogP contribution in [0.3, 0.4) is 0 Å². The van der Waals surface area contributed by atoms with Crippen LogP contribution < -0.4 is 16.4 Å². The molecule has 0 atom stereocenters. The molecule has 0 aromatic carbocycles. The molecule has 2 aromatic rings. The normalized spacial score (nSPS) is 10.8. The van der Waals surface area contributed by atoms with Gasteiger partial charge in [-0.3, -0.25) is 30.1 Å². The van der Waals surface area contributed by atoms with Crippen LogP contribution >= 0.6 is 15.9 Å². The Morgan fingerprint density at radius 3 is 2.58 bits per heavy atom. The van der Waals surface area contributed by atoms with Crippen molar-refractivity contribution >= 4 is 27.7 Å². The number of carbonyl (C=O) groups excluding carboxylic acids is 2. The highest BCUT2D eigenvalue weighted by molar-refractivity contribution is 9.10. The minimum absolute atomic E-state index is 0.104. The van der Waals surface area contributed by atoms with Gasteiger partial charge in [0.15, 0.2) is 5.76 Å². The van der Waals surface area contributed by atoms with Crippen LogP contribution in [0, 0.1) is 0 Å². The van der Waals surface area contributed by atoms with E-state index in [1.807, 2.05) is 13.8 Å². The van der Waals surface area contributed by atoms with Gasteiger partial charge in [-0.25, -0.2) is 0 Å². The molecule has 0 saturated heterocycles. The predicted octanol–water partition coefficient (Wildman–Crippen LogP) is 1.51. The Hall–Kier alpha value is -2.39. The summed E-state index contributed by atoms with van der Waals surface area (Å²) in [4.78, 5) is 37.8. The number of rotatable bonds is 7. The van der Waals surface area contributed by atoms with Crippen LogP contribution in [0.4, 0.5) is 0 Å². The van der Waals surface area contributed by atoms with Gasteiger partial charge in [-0.15, -0.1) is 0 Å². The molecule has 0 bridgehead atoms. The first-order valence-electron chi connectivity index (χ1n) is 8.19. The average molecular weight is 425 g/mol. The largest absolute Gasteiger partial charge is 0.454 e. The highest BCUT2D eigenvalue weighted by Gasteiger charge is 2.14. The van der Waals surface area contributed by atoms with Crippen molar-refractivity contribution in [2.75, 3.05) is 13.1 Å². The fourth-order valence-corrected chi connectivity index (χ4v) is 2.64. The number of nitrogens with one attached hydrogen (secondary N) is 2. The van der Waals surface area contributed by atoms with E-state index in [4.69, 9.17) is 4.42 Å². The first kappa shape index (κ1) is 19.9. The molecule has 0 fully saturated rings. The average Bonchev–Trinajstić information content (AvgIpc) is 3.09. The molecule has 2 amide bonds. The summed E-state index contributed by atoms with van der Waals surface area (Å²) in [6, 6.07) is 6.22. The summed E-state index contributed by atoms with van der Waals surface area (Å²) < 4.78 is 7.39. The molecule has 140 valence electrons. The number of pyridine rings is 1. The monoisotopic (exact) mass is 424 g/mol. The number of amides is 2. The molecule has 2 heterocycles. The van der Waals surface area contributed by atoms with Crippen LogP contribution in [0.25, 0.3) is 0 Å². The number of hydrazine groups is 1. The van der Waals surface area contributed by atoms with E-state index in [1.165, 1.54) is 16.8 Å². The second-order valence-electron chi connectivity index (χ2n) is 5.54. The fraction of sp³-hybridized carbons (Fsp3) is 0.353. The summed E-state index contributed by atoms with van der Waals surface area (Å²) in [6.07, 6.45) is 1.50. The third-order valence-corrected chi connectivity index (χ3v) is 4.21. The van der Waals surface area contributed by atoms with Gasteiger partial charge >= 0.3 is 5.91 Å². The molecule has 2 rings (SSSR count). The first-order chi connectivity index (χ1) is 12.4. The maximum atomic E-state index is 12.1. The lowest BCUT2D eigenvalue weighted by Crippen LogP contribution is -2.44. The van der Waals surface area contributed by atoms with E-state index in [1.54, 1.807) is 18.2 Å². The van der Waals surface area contributed by atoms with Crippen molar-refractivity contribution in [1.82, 2.24) is 20.3 Å². The smallest absolute Gasteiger partial charge is 0.305 e. The zero-order chi connectivity index (χ0) is 19.1. The van der Waals surface area contributed by atoms with Crippen molar-refractivity contribution in [1.29, 1.82) is 0 Å². The molecule has 2 N–H and O–H groups in total. The standard InChI is InChI=1S/C17H21BrN4O4/c1-3-21(4-2)10-13-6-7-14(26-13)17(25)20-19-15(23)11-22-9-12(18)5-8-16(22)24/h5-9H,3-4,10-11H2,1-2H3,(H,19,23)(H,20,25). The summed E-state index contributed by atoms with van der Waals surface area (Å²) in [5.41, 5.74) is 4.22. The Morgan fingerprint density at radius 1 is 1.15 bits per heavy atom. The topological polar surface area (TPSA) is 96.6 Å². The Kier molecular flexibility index (Phi) is 7.16. The van der Waals surface area contributed by atoms with Gasteiger partial charge in [0.2, 0.25) is 0 Å². The Bertz CT molecular complexity index is 826. The summed E-state index contributed by atoms with van der Waals surface area (Å²) in [6.45, 7) is 6.24. The quantitative estimate of drug-likeness (QED) is 0.656. The Balaban J connectivity index is 1.88. The lowest BCUT2D eigenvalue weighted by molar-refractivity contribution is -0.122. The number of furan rings is 1. The summed E-state index contributed by atoms with van der Waals surface area (Å²) in [5.74, 6) is -0.322. The summed E-state index contributed by atoms with van der Waals surface area (Å²) in [7, 11) is 0. The number of carbonyl (C=O) groups is 2. The van der Waals surface area contributed by atoms with Gasteiger partial charge in [0.05, 0.1) is 6.54 Å². The number of hydrogen-bond acceptors (Lipinski definition) is 5. The summed E-state index contributed by atoms with van der Waals surface area (Å²) >= 11 is 3.23. The maximum Gasteiger partial charge on any atom is 0.305 e. The van der Waals surface area contributed by atoms with Crippen molar-refractivity contribution in [3.63, 3.8) is 0 Å². The van der Waals surface area contributed by atoms with Gasteiger partial charge < -0.3 is 8.98 Å². The molecule has 0 unspecified atom stereocenters. The van der Waals surface area contributed by atoms with Crippen LogP contribution in [-0.4, -0.2) is 34.4 Å². The van der Waals surface area contributed by atoms with Crippen molar-refractivity contribution in [3.8, 4) is 0 Å². The van der Waals surface area contributed by atoms with Crippen molar-refractivity contribution in [3.05, 3.63) is 56.8 Å². The van der Waals surface area contributed by atoms with Crippen LogP contribution in [0.5, 0.6) is 0 Å². The first-order valence-corrected chi connectivity index (χ1v) is 8.98. The van der Waals surface area contributed by atoms with Crippen molar-refractivity contribution in [2.45, 2.75) is 26.9 Å². The molecular weight excluding hydrogens is 404 g/mol. The lowest BCUT2D eigenvalue weighted by Gasteiger charge is -2.15. The SMILES string of the molecule is CCN(CC)Cc1ccc(C(=O)NNC(=O)Cn2cc(Br)ccc2=O)o1. The highest BCUT2D eigenvalue weighted by atomic mass is 79.9. The highest BCUT2D eigenvalue weighted by Crippen LogP contribution is 2.10. The Morgan fingerprint density at radius 2 is 1.88 bits per heavy atom. The molecule has 0 saturated carbocycles. The van der Waals surface area contributed by atoms with E-state index >= 15 is 0 Å². The summed E-state index contributed by atoms with van der Waals surface area (Å²) in [5, 5.41) is 0. The number of nitrogens with zero attached hydrogens (tertiary/aromatic N) is 2. The molecule has 8 nitrogen and oxygen atoms in total. The molecule has 0 aliphatic rings. The maximum absolute atomic E-state index is 12.1. The molecule has 0 radical (unpaired) electrons. The molecule has 0 spiro atoms. The van der Waals surface area contributed by atoms with Gasteiger partial charge in [0, 0.05) is 16.7 Å². The zero-order valence-electron chi connectivity index (χ0n) is 14.6. The van der Waals surface area contributed by atoms with Crippen LogP contribution in [0.2, 0.25) is 0 Å². The number of hydrogen-bond donors (Lipinski definition) is 2. The molecule has 0 aliphatic carbocycles. The van der Waals surface area contributed by atoms with E-state index < -0.39 is 11.8 Å². The van der Waals surface area contributed by atoms with Crippen LogP contribution in [-0.2, 0) is 17.9 Å². The minimum atomic E-state index is -0.564. The van der Waals surface area contributed by atoms with E-state index in [2.05, 4.69) is 31.7 Å². The molecule has 0 aliphatic heterocycles. The van der Waals surface area contributed by atoms with Gasteiger partial charge in [0.1, 0.15) is 12.3 Å². The number of halogens is 1. The number of aromatic nitrogens is 1. The third kappa shape index (κ3) is 5.57. The van der Waals surface area contributed by atoms with E-state index in [0.717, 1.165) is 13.1 Å². The van der Waals surface area contributed by atoms with Crippen LogP contribution in [0.15, 0.2) is 44.1 Å². The second kappa shape index (κ2) is 9.35. The molecule has 2 aromatic heterocycles. The van der Waals surface area contributed by atoms with Crippen LogP contribution in [0.1, 0.15) is 30.2 Å². The fourth-order valence-electron chi connectivity index (χ4n) is 2.26. The lowest BCUT2D eigenvalue weighted by atomic mass is 10.4. The van der Waals surface area contributed by atoms with Crippen molar-refractivity contribution < 1.29 is 14.0 Å². The van der Waals surface area contributed by atoms with E-state index in [0.29, 0.717) is 16.8 Å². The molecule has 9 heteroatoms. The molecule has 26 heavy (non-hydrogen) atoms. The minimum Gasteiger partial charge on any atom is -0.454 e.